The van der Waals surface area contributed by atoms with E-state index in [0.29, 0.717) is 0 Å². The van der Waals surface area contributed by atoms with Crippen molar-refractivity contribution >= 4 is 39.3 Å². The number of amides is 1. The van der Waals surface area contributed by atoms with E-state index in [9.17, 15) is 4.79 Å². The second-order valence-electron chi connectivity index (χ2n) is 4.03. The number of rotatable bonds is 2. The van der Waals surface area contributed by atoms with Crippen LogP contribution in [-0.4, -0.2) is 30.0 Å². The smallest absolute Gasteiger partial charge is 0.242 e. The second kappa shape index (κ2) is 5.89. The van der Waals surface area contributed by atoms with Crippen LogP contribution in [0.2, 0.25) is 0 Å². The number of benzene rings is 1. The molecule has 17 heavy (non-hydrogen) atoms. The van der Waals surface area contributed by atoms with Gasteiger partial charge in [-0.1, -0.05) is 15.9 Å². The summed E-state index contributed by atoms with van der Waals surface area (Å²) in [5.41, 5.74) is 1.95. The van der Waals surface area contributed by atoms with Gasteiger partial charge in [-0.3, -0.25) is 4.79 Å². The van der Waals surface area contributed by atoms with Crippen molar-refractivity contribution in [2.45, 2.75) is 13.0 Å². The van der Waals surface area contributed by atoms with Gasteiger partial charge in [-0.2, -0.15) is 11.8 Å². The fourth-order valence-electron chi connectivity index (χ4n) is 1.72. The van der Waals surface area contributed by atoms with Crippen LogP contribution >= 0.6 is 27.7 Å². The molecule has 1 fully saturated rings. The minimum atomic E-state index is -0.0724. The van der Waals surface area contributed by atoms with E-state index in [4.69, 9.17) is 0 Å². The predicted octanol–water partition coefficient (Wildman–Crippen LogP) is 2.40. The normalized spacial score (nSPS) is 20.0. The van der Waals surface area contributed by atoms with Crippen LogP contribution in [0.3, 0.4) is 0 Å². The van der Waals surface area contributed by atoms with Crippen LogP contribution in [0.5, 0.6) is 0 Å². The molecule has 1 aromatic rings. The van der Waals surface area contributed by atoms with Crippen molar-refractivity contribution in [3.8, 4) is 0 Å². The van der Waals surface area contributed by atoms with Crippen molar-refractivity contribution in [2.75, 3.05) is 23.4 Å². The van der Waals surface area contributed by atoms with Crippen molar-refractivity contribution in [1.82, 2.24) is 5.32 Å². The average molecular weight is 315 g/mol. The Labute approximate surface area is 114 Å². The van der Waals surface area contributed by atoms with Crippen molar-refractivity contribution in [2.24, 2.45) is 0 Å². The maximum atomic E-state index is 12.0. The molecular weight excluding hydrogens is 300 g/mol. The SMILES string of the molecule is Cc1cc(Br)ccc1NC(=O)C1CSCCN1. The van der Waals surface area contributed by atoms with E-state index in [1.54, 1.807) is 0 Å². The van der Waals surface area contributed by atoms with E-state index in [-0.39, 0.29) is 11.9 Å². The van der Waals surface area contributed by atoms with E-state index < -0.39 is 0 Å². The first-order chi connectivity index (χ1) is 8.16. The van der Waals surface area contributed by atoms with Crippen molar-refractivity contribution in [3.63, 3.8) is 0 Å². The van der Waals surface area contributed by atoms with Crippen LogP contribution in [0.25, 0.3) is 0 Å². The summed E-state index contributed by atoms with van der Waals surface area (Å²) < 4.78 is 1.03. The first-order valence-electron chi connectivity index (χ1n) is 5.55. The first-order valence-corrected chi connectivity index (χ1v) is 7.50. The standard InChI is InChI=1S/C12H15BrN2OS/c1-8-6-9(13)2-3-10(8)15-12(16)11-7-17-5-4-14-11/h2-3,6,11,14H,4-5,7H2,1H3,(H,15,16). The number of carbonyl (C=O) groups is 1. The van der Waals surface area contributed by atoms with Crippen molar-refractivity contribution in [1.29, 1.82) is 0 Å². The molecule has 0 radical (unpaired) electrons. The molecule has 3 nitrogen and oxygen atoms in total. The van der Waals surface area contributed by atoms with E-state index in [2.05, 4.69) is 26.6 Å². The summed E-state index contributed by atoms with van der Waals surface area (Å²) in [6.07, 6.45) is 0. The Bertz CT molecular complexity index is 419. The van der Waals surface area contributed by atoms with Crippen LogP contribution in [0.15, 0.2) is 22.7 Å². The Morgan fingerprint density at radius 2 is 2.41 bits per heavy atom. The number of hydrogen-bond acceptors (Lipinski definition) is 3. The molecule has 0 aliphatic carbocycles. The zero-order chi connectivity index (χ0) is 12.3. The Hall–Kier alpha value is -0.520. The number of anilines is 1. The first kappa shape index (κ1) is 12.9. The molecule has 92 valence electrons. The molecule has 1 saturated heterocycles. The lowest BCUT2D eigenvalue weighted by molar-refractivity contribution is -0.117. The van der Waals surface area contributed by atoms with Gasteiger partial charge >= 0.3 is 0 Å². The molecule has 1 aromatic carbocycles. The van der Waals surface area contributed by atoms with Gasteiger partial charge < -0.3 is 10.6 Å². The molecule has 0 aromatic heterocycles. The van der Waals surface area contributed by atoms with Gasteiger partial charge in [0.1, 0.15) is 0 Å². The summed E-state index contributed by atoms with van der Waals surface area (Å²) in [6, 6.07) is 5.79. The Kier molecular flexibility index (Phi) is 4.48. The molecule has 1 aliphatic heterocycles. The third kappa shape index (κ3) is 3.47. The van der Waals surface area contributed by atoms with Gasteiger partial charge in [0.05, 0.1) is 6.04 Å². The van der Waals surface area contributed by atoms with Gasteiger partial charge in [0.25, 0.3) is 0 Å². The molecule has 1 aliphatic rings. The molecule has 1 heterocycles. The highest BCUT2D eigenvalue weighted by atomic mass is 79.9. The topological polar surface area (TPSA) is 41.1 Å². The zero-order valence-corrected chi connectivity index (χ0v) is 12.0. The van der Waals surface area contributed by atoms with Crippen LogP contribution in [0.4, 0.5) is 5.69 Å². The molecule has 1 amide bonds. The zero-order valence-electron chi connectivity index (χ0n) is 9.63. The minimum absolute atomic E-state index is 0.0580. The lowest BCUT2D eigenvalue weighted by atomic mass is 10.2. The molecule has 1 atom stereocenters. The predicted molar refractivity (Wildman–Crippen MR) is 76.6 cm³/mol. The highest BCUT2D eigenvalue weighted by molar-refractivity contribution is 9.10. The lowest BCUT2D eigenvalue weighted by Crippen LogP contribution is -2.46. The Balaban J connectivity index is 2.02. The number of carbonyl (C=O) groups excluding carboxylic acids is 1. The summed E-state index contributed by atoms with van der Waals surface area (Å²) in [5.74, 6) is 1.99. The van der Waals surface area contributed by atoms with Crippen LogP contribution in [-0.2, 0) is 4.79 Å². The third-order valence-electron chi connectivity index (χ3n) is 2.68. The summed E-state index contributed by atoms with van der Waals surface area (Å²) in [7, 11) is 0. The fraction of sp³-hybridized carbons (Fsp3) is 0.417. The van der Waals surface area contributed by atoms with Gasteiger partial charge in [-0.05, 0) is 30.7 Å². The molecule has 2 rings (SSSR count). The van der Waals surface area contributed by atoms with Crippen LogP contribution < -0.4 is 10.6 Å². The van der Waals surface area contributed by atoms with E-state index in [0.717, 1.165) is 33.8 Å². The Morgan fingerprint density at radius 3 is 3.06 bits per heavy atom. The van der Waals surface area contributed by atoms with E-state index >= 15 is 0 Å². The quantitative estimate of drug-likeness (QED) is 0.880. The van der Waals surface area contributed by atoms with E-state index in [1.807, 2.05) is 36.9 Å². The van der Waals surface area contributed by atoms with Crippen molar-refractivity contribution in [3.05, 3.63) is 28.2 Å². The Morgan fingerprint density at radius 1 is 1.59 bits per heavy atom. The second-order valence-corrected chi connectivity index (χ2v) is 6.10. The monoisotopic (exact) mass is 314 g/mol. The maximum Gasteiger partial charge on any atom is 0.242 e. The maximum absolute atomic E-state index is 12.0. The summed E-state index contributed by atoms with van der Waals surface area (Å²) >= 11 is 5.23. The summed E-state index contributed by atoms with van der Waals surface area (Å²) in [5, 5.41) is 6.20. The number of hydrogen-bond donors (Lipinski definition) is 2. The molecule has 2 N–H and O–H groups in total. The van der Waals surface area contributed by atoms with Gasteiger partial charge in [0.2, 0.25) is 5.91 Å². The van der Waals surface area contributed by atoms with E-state index in [1.165, 1.54) is 0 Å². The largest absolute Gasteiger partial charge is 0.324 e. The molecule has 0 bridgehead atoms. The number of aryl methyl sites for hydroxylation is 1. The highest BCUT2D eigenvalue weighted by Crippen LogP contribution is 2.20. The van der Waals surface area contributed by atoms with Crippen LogP contribution in [0.1, 0.15) is 5.56 Å². The fourth-order valence-corrected chi connectivity index (χ4v) is 3.13. The molecule has 5 heteroatoms. The molecular formula is C12H15BrN2OS. The number of halogens is 1. The summed E-state index contributed by atoms with van der Waals surface area (Å²) in [6.45, 7) is 2.89. The lowest BCUT2D eigenvalue weighted by Gasteiger charge is -2.22. The van der Waals surface area contributed by atoms with Gasteiger partial charge in [-0.25, -0.2) is 0 Å². The van der Waals surface area contributed by atoms with Gasteiger partial charge in [-0.15, -0.1) is 0 Å². The van der Waals surface area contributed by atoms with Crippen molar-refractivity contribution < 1.29 is 4.79 Å². The molecule has 1 unspecified atom stereocenters. The third-order valence-corrected chi connectivity index (χ3v) is 4.24. The van der Waals surface area contributed by atoms with Crippen LogP contribution in [0, 0.1) is 6.92 Å². The minimum Gasteiger partial charge on any atom is -0.324 e. The highest BCUT2D eigenvalue weighted by Gasteiger charge is 2.21. The van der Waals surface area contributed by atoms with Gasteiger partial charge in [0.15, 0.2) is 0 Å². The molecule has 0 spiro atoms. The number of nitrogens with one attached hydrogen (secondary N) is 2. The average Bonchev–Trinajstić information content (AvgIpc) is 2.34. The summed E-state index contributed by atoms with van der Waals surface area (Å²) in [4.78, 5) is 12.0. The number of thioether (sulfide) groups is 1. The van der Waals surface area contributed by atoms with Gasteiger partial charge in [0, 0.05) is 28.2 Å². The molecule has 0 saturated carbocycles.